The molecule has 3 aromatic rings. The van der Waals surface area contributed by atoms with Crippen LogP contribution in [0.4, 0.5) is 20.5 Å². The van der Waals surface area contributed by atoms with Gasteiger partial charge in [-0.1, -0.05) is 15.3 Å². The van der Waals surface area contributed by atoms with E-state index in [9.17, 15) is 8.78 Å². The standard InChI is InChI=1S/C15H14F2IN6P/c1-19-14-22-12-10(5-3-7-21-12)13(23-14)24(18)8-9-4-2-6-20-11(9)15(16,17)25/h2-7H,8,25H2,1H3,(H,19,21,22,23). The number of pyridine rings is 2. The summed E-state index contributed by atoms with van der Waals surface area (Å²) in [5.41, 5.74) is -2.42. The minimum absolute atomic E-state index is 0.206. The van der Waals surface area contributed by atoms with Crippen molar-refractivity contribution in [2.24, 2.45) is 0 Å². The second-order valence-electron chi connectivity index (χ2n) is 5.15. The summed E-state index contributed by atoms with van der Waals surface area (Å²) >= 11 is 2.04. The molecule has 3 heterocycles. The van der Waals surface area contributed by atoms with Crippen molar-refractivity contribution in [3.8, 4) is 0 Å². The van der Waals surface area contributed by atoms with Gasteiger partial charge in [-0.25, -0.2) is 4.98 Å². The quantitative estimate of drug-likeness (QED) is 0.346. The van der Waals surface area contributed by atoms with E-state index in [1.54, 1.807) is 34.6 Å². The molecule has 3 rings (SSSR count). The molecule has 0 radical (unpaired) electrons. The molecule has 0 saturated carbocycles. The van der Waals surface area contributed by atoms with Gasteiger partial charge in [0, 0.05) is 25.0 Å². The number of halogens is 3. The summed E-state index contributed by atoms with van der Waals surface area (Å²) in [5.74, 6) is 0.996. The first-order valence-corrected chi connectivity index (χ1v) is 8.79. The van der Waals surface area contributed by atoms with Crippen LogP contribution in [0.5, 0.6) is 0 Å². The summed E-state index contributed by atoms with van der Waals surface area (Å²) in [4.78, 5) is 16.8. The Morgan fingerprint density at radius 3 is 2.64 bits per heavy atom. The van der Waals surface area contributed by atoms with Crippen molar-refractivity contribution >= 4 is 54.9 Å². The number of aromatic nitrogens is 4. The van der Waals surface area contributed by atoms with Crippen molar-refractivity contribution in [3.05, 3.63) is 47.9 Å². The Kier molecular flexibility index (Phi) is 5.24. The lowest BCUT2D eigenvalue weighted by Gasteiger charge is -2.21. The minimum atomic E-state index is -3.10. The predicted octanol–water partition coefficient (Wildman–Crippen LogP) is 3.74. The first kappa shape index (κ1) is 18.1. The van der Waals surface area contributed by atoms with Gasteiger partial charge in [0.2, 0.25) is 5.95 Å². The van der Waals surface area contributed by atoms with Crippen LogP contribution in [-0.2, 0) is 12.2 Å². The summed E-state index contributed by atoms with van der Waals surface area (Å²) in [6, 6.07) is 6.90. The van der Waals surface area contributed by atoms with Crippen LogP contribution in [0.15, 0.2) is 36.7 Å². The van der Waals surface area contributed by atoms with Crippen molar-refractivity contribution in [1.29, 1.82) is 0 Å². The number of alkyl halides is 2. The van der Waals surface area contributed by atoms with E-state index in [1.165, 1.54) is 15.4 Å². The number of fused-ring (bicyclic) bond motifs is 1. The zero-order valence-corrected chi connectivity index (χ0v) is 16.4. The third kappa shape index (κ3) is 3.92. The van der Waals surface area contributed by atoms with Gasteiger partial charge in [-0.05, 0) is 18.2 Å². The van der Waals surface area contributed by atoms with Crippen LogP contribution < -0.4 is 8.43 Å². The summed E-state index contributed by atoms with van der Waals surface area (Å²) < 4.78 is 29.3. The second kappa shape index (κ2) is 7.25. The Morgan fingerprint density at radius 2 is 1.92 bits per heavy atom. The van der Waals surface area contributed by atoms with Crippen LogP contribution in [0.2, 0.25) is 0 Å². The zero-order valence-electron chi connectivity index (χ0n) is 13.1. The average molecular weight is 474 g/mol. The van der Waals surface area contributed by atoms with Crippen LogP contribution in [0.25, 0.3) is 11.0 Å². The van der Waals surface area contributed by atoms with Crippen molar-refractivity contribution < 1.29 is 8.78 Å². The van der Waals surface area contributed by atoms with E-state index in [0.29, 0.717) is 23.0 Å². The Labute approximate surface area is 159 Å². The van der Waals surface area contributed by atoms with Crippen LogP contribution >= 0.6 is 32.1 Å². The highest BCUT2D eigenvalue weighted by Crippen LogP contribution is 2.37. The average Bonchev–Trinajstić information content (AvgIpc) is 2.60. The van der Waals surface area contributed by atoms with E-state index in [4.69, 9.17) is 0 Å². The van der Waals surface area contributed by atoms with Gasteiger partial charge in [0.25, 0.3) is 0 Å². The fourth-order valence-electron chi connectivity index (χ4n) is 2.33. The molecule has 25 heavy (non-hydrogen) atoms. The molecule has 130 valence electrons. The number of hydrogen-bond donors (Lipinski definition) is 1. The maximum Gasteiger partial charge on any atom is 0.300 e. The Morgan fingerprint density at radius 1 is 1.20 bits per heavy atom. The monoisotopic (exact) mass is 474 g/mol. The molecule has 0 aliphatic rings. The van der Waals surface area contributed by atoms with Gasteiger partial charge in [-0.2, -0.15) is 18.7 Å². The maximum atomic E-state index is 13.8. The van der Waals surface area contributed by atoms with Crippen LogP contribution in [0, 0.1) is 0 Å². The second-order valence-corrected chi connectivity index (χ2v) is 7.04. The Balaban J connectivity index is 2.03. The number of hydrogen-bond acceptors (Lipinski definition) is 6. The van der Waals surface area contributed by atoms with Crippen LogP contribution in [0.3, 0.4) is 0 Å². The molecular formula is C15H14F2IN6P. The van der Waals surface area contributed by atoms with E-state index >= 15 is 0 Å². The summed E-state index contributed by atoms with van der Waals surface area (Å²) in [6.45, 7) is 0.206. The van der Waals surface area contributed by atoms with Crippen LogP contribution in [-0.4, -0.2) is 27.0 Å². The van der Waals surface area contributed by atoms with E-state index in [1.807, 2.05) is 28.9 Å². The first-order valence-electron chi connectivity index (χ1n) is 7.25. The highest BCUT2D eigenvalue weighted by atomic mass is 127. The molecule has 1 N–H and O–H groups in total. The smallest absolute Gasteiger partial charge is 0.300 e. The zero-order chi connectivity index (χ0) is 18.0. The SMILES string of the molecule is CNc1nc(N(I)Cc2cccnc2C(F)(F)P)c2cccnc2n1. The molecule has 0 spiro atoms. The maximum absolute atomic E-state index is 13.8. The number of nitrogens with one attached hydrogen (secondary N) is 1. The van der Waals surface area contributed by atoms with Gasteiger partial charge in [-0.15, -0.1) is 0 Å². The molecule has 1 unspecified atom stereocenters. The van der Waals surface area contributed by atoms with E-state index in [-0.39, 0.29) is 12.2 Å². The van der Waals surface area contributed by atoms with Gasteiger partial charge in [0.15, 0.2) is 11.5 Å². The highest BCUT2D eigenvalue weighted by molar-refractivity contribution is 14.1. The van der Waals surface area contributed by atoms with E-state index in [0.717, 1.165) is 5.39 Å². The van der Waals surface area contributed by atoms with Crippen molar-refractivity contribution in [2.45, 2.75) is 12.2 Å². The fraction of sp³-hybridized carbons (Fsp3) is 0.200. The third-order valence-electron chi connectivity index (χ3n) is 3.42. The summed E-state index contributed by atoms with van der Waals surface area (Å²) in [7, 11) is 3.24. The molecule has 0 saturated heterocycles. The van der Waals surface area contributed by atoms with Gasteiger partial charge in [0.05, 0.1) is 34.8 Å². The first-order chi connectivity index (χ1) is 11.9. The molecule has 0 aliphatic carbocycles. The largest absolute Gasteiger partial charge is 0.357 e. The molecule has 0 aliphatic heterocycles. The predicted molar refractivity (Wildman–Crippen MR) is 105 cm³/mol. The highest BCUT2D eigenvalue weighted by Gasteiger charge is 2.30. The number of rotatable bonds is 5. The van der Waals surface area contributed by atoms with Crippen molar-refractivity contribution in [2.75, 3.05) is 15.5 Å². The summed E-state index contributed by atoms with van der Waals surface area (Å²) in [6.07, 6.45) is 3.00. The minimum Gasteiger partial charge on any atom is -0.357 e. The van der Waals surface area contributed by atoms with E-state index in [2.05, 4.69) is 25.3 Å². The number of anilines is 2. The Hall–Kier alpha value is -1.74. The molecule has 0 fully saturated rings. The third-order valence-corrected chi connectivity index (χ3v) is 4.49. The van der Waals surface area contributed by atoms with E-state index < -0.39 is 5.66 Å². The van der Waals surface area contributed by atoms with Crippen molar-refractivity contribution in [3.63, 3.8) is 0 Å². The van der Waals surface area contributed by atoms with Crippen LogP contribution in [0.1, 0.15) is 11.3 Å². The lowest BCUT2D eigenvalue weighted by atomic mass is 10.2. The molecule has 0 amide bonds. The molecule has 6 nitrogen and oxygen atoms in total. The van der Waals surface area contributed by atoms with Gasteiger partial charge < -0.3 is 5.32 Å². The van der Waals surface area contributed by atoms with Gasteiger partial charge >= 0.3 is 5.66 Å². The molecule has 10 heteroatoms. The normalized spacial score (nSPS) is 11.6. The lowest BCUT2D eigenvalue weighted by molar-refractivity contribution is 0.0975. The molecule has 0 bridgehead atoms. The Bertz CT molecular complexity index is 905. The van der Waals surface area contributed by atoms with Gasteiger partial charge in [-0.3, -0.25) is 8.10 Å². The fourth-order valence-corrected chi connectivity index (χ4v) is 3.33. The number of nitrogens with zero attached hydrogens (tertiary/aromatic N) is 5. The molecule has 0 aromatic carbocycles. The molecular weight excluding hydrogens is 460 g/mol. The molecule has 1 atom stereocenters. The van der Waals surface area contributed by atoms with Crippen molar-refractivity contribution in [1.82, 2.24) is 19.9 Å². The molecule has 3 aromatic heterocycles. The lowest BCUT2D eigenvalue weighted by Crippen LogP contribution is -2.17. The van der Waals surface area contributed by atoms with Gasteiger partial charge in [0.1, 0.15) is 5.69 Å². The summed E-state index contributed by atoms with van der Waals surface area (Å²) in [5, 5.41) is 3.62. The topological polar surface area (TPSA) is 66.8 Å².